The molecule has 0 bridgehead atoms. The molecule has 0 aliphatic carbocycles. The van der Waals surface area contributed by atoms with Crippen LogP contribution in [-0.4, -0.2) is 30.5 Å². The first-order chi connectivity index (χ1) is 11.3. The van der Waals surface area contributed by atoms with Gasteiger partial charge in [0.2, 0.25) is 5.91 Å². The van der Waals surface area contributed by atoms with Crippen LogP contribution in [0.25, 0.3) is 6.08 Å². The van der Waals surface area contributed by atoms with Crippen molar-refractivity contribution >= 4 is 29.0 Å². The van der Waals surface area contributed by atoms with Crippen LogP contribution in [0, 0.1) is 5.92 Å². The van der Waals surface area contributed by atoms with Crippen LogP contribution >= 0.6 is 11.3 Å². The van der Waals surface area contributed by atoms with Gasteiger partial charge in [-0.2, -0.15) is 11.3 Å². The molecule has 3 rings (SSSR count). The number of pyridine rings is 1. The molecule has 2 aromatic rings. The molecule has 3 heterocycles. The molecule has 0 radical (unpaired) electrons. The minimum atomic E-state index is -0.00844. The molecule has 1 saturated heterocycles. The Morgan fingerprint density at radius 3 is 2.96 bits per heavy atom. The monoisotopic (exact) mass is 327 g/mol. The zero-order valence-corrected chi connectivity index (χ0v) is 13.8. The lowest BCUT2D eigenvalue weighted by molar-refractivity contribution is -0.116. The third kappa shape index (κ3) is 4.66. The second kappa shape index (κ2) is 7.92. The molecule has 0 unspecified atom stereocenters. The van der Waals surface area contributed by atoms with Crippen LogP contribution in [0.1, 0.15) is 18.4 Å². The fourth-order valence-electron chi connectivity index (χ4n) is 2.78. The molecular weight excluding hydrogens is 306 g/mol. The van der Waals surface area contributed by atoms with Crippen molar-refractivity contribution in [2.45, 2.75) is 12.8 Å². The lowest BCUT2D eigenvalue weighted by Gasteiger charge is -2.33. The number of rotatable bonds is 5. The van der Waals surface area contributed by atoms with Gasteiger partial charge in [0.25, 0.3) is 0 Å². The quantitative estimate of drug-likeness (QED) is 0.858. The molecule has 120 valence electrons. The van der Waals surface area contributed by atoms with Gasteiger partial charge >= 0.3 is 0 Å². The standard InChI is InChI=1S/C18H21N3OS/c22-18(4-3-16-7-11-23-14-16)20-12-15-5-9-21(10-6-15)17-2-1-8-19-13-17/h1-4,7-8,11,13-15H,5-6,9-10,12H2,(H,20,22)/b4-3+. The summed E-state index contributed by atoms with van der Waals surface area (Å²) in [7, 11) is 0. The summed E-state index contributed by atoms with van der Waals surface area (Å²) in [6, 6.07) is 6.08. The summed E-state index contributed by atoms with van der Waals surface area (Å²) in [4.78, 5) is 18.4. The molecule has 1 amide bonds. The maximum absolute atomic E-state index is 11.9. The lowest BCUT2D eigenvalue weighted by Crippen LogP contribution is -2.38. The van der Waals surface area contributed by atoms with Crippen LogP contribution in [0.2, 0.25) is 0 Å². The van der Waals surface area contributed by atoms with E-state index in [0.29, 0.717) is 5.92 Å². The number of piperidine rings is 1. The number of aromatic nitrogens is 1. The fraction of sp³-hybridized carbons (Fsp3) is 0.333. The van der Waals surface area contributed by atoms with Crippen molar-refractivity contribution in [1.82, 2.24) is 10.3 Å². The van der Waals surface area contributed by atoms with Crippen LogP contribution in [-0.2, 0) is 4.79 Å². The Hall–Kier alpha value is -2.14. The molecule has 1 aliphatic heterocycles. The summed E-state index contributed by atoms with van der Waals surface area (Å²) >= 11 is 1.63. The molecule has 1 N–H and O–H groups in total. The average molecular weight is 327 g/mol. The number of nitrogens with one attached hydrogen (secondary N) is 1. The van der Waals surface area contributed by atoms with Gasteiger partial charge in [-0.1, -0.05) is 0 Å². The minimum Gasteiger partial charge on any atom is -0.370 e. The largest absolute Gasteiger partial charge is 0.370 e. The lowest BCUT2D eigenvalue weighted by atomic mass is 9.96. The van der Waals surface area contributed by atoms with Crippen LogP contribution in [0.15, 0.2) is 47.4 Å². The molecule has 0 aromatic carbocycles. The van der Waals surface area contributed by atoms with Crippen molar-refractivity contribution in [3.05, 3.63) is 53.0 Å². The SMILES string of the molecule is O=C(/C=C/c1ccsc1)NCC1CCN(c2cccnc2)CC1. The summed E-state index contributed by atoms with van der Waals surface area (Å²) in [5.74, 6) is 0.548. The first-order valence-corrected chi connectivity index (χ1v) is 8.88. The van der Waals surface area contributed by atoms with E-state index in [2.05, 4.69) is 21.3 Å². The van der Waals surface area contributed by atoms with Crippen molar-refractivity contribution < 1.29 is 4.79 Å². The topological polar surface area (TPSA) is 45.2 Å². The number of amides is 1. The van der Waals surface area contributed by atoms with E-state index >= 15 is 0 Å². The number of nitrogens with zero attached hydrogens (tertiary/aromatic N) is 2. The summed E-state index contributed by atoms with van der Waals surface area (Å²) in [5.41, 5.74) is 2.27. The van der Waals surface area contributed by atoms with Crippen LogP contribution in [0.5, 0.6) is 0 Å². The van der Waals surface area contributed by atoms with Gasteiger partial charge in [0, 0.05) is 31.9 Å². The number of thiophene rings is 1. The van der Waals surface area contributed by atoms with E-state index in [1.807, 2.05) is 35.2 Å². The maximum Gasteiger partial charge on any atom is 0.244 e. The van der Waals surface area contributed by atoms with E-state index < -0.39 is 0 Å². The van der Waals surface area contributed by atoms with Gasteiger partial charge in [-0.15, -0.1) is 0 Å². The number of carbonyl (C=O) groups is 1. The van der Waals surface area contributed by atoms with E-state index in [4.69, 9.17) is 0 Å². The number of carbonyl (C=O) groups excluding carboxylic acids is 1. The van der Waals surface area contributed by atoms with Crippen molar-refractivity contribution in [3.63, 3.8) is 0 Å². The van der Waals surface area contributed by atoms with Crippen molar-refractivity contribution in [2.75, 3.05) is 24.5 Å². The highest BCUT2D eigenvalue weighted by molar-refractivity contribution is 7.08. The van der Waals surface area contributed by atoms with Gasteiger partial charge in [-0.25, -0.2) is 0 Å². The number of hydrogen-bond donors (Lipinski definition) is 1. The summed E-state index contributed by atoms with van der Waals surface area (Å²) < 4.78 is 0. The van der Waals surface area contributed by atoms with E-state index in [-0.39, 0.29) is 5.91 Å². The van der Waals surface area contributed by atoms with Gasteiger partial charge < -0.3 is 10.2 Å². The fourth-order valence-corrected chi connectivity index (χ4v) is 3.41. The zero-order valence-electron chi connectivity index (χ0n) is 13.0. The van der Waals surface area contributed by atoms with Crippen molar-refractivity contribution in [2.24, 2.45) is 5.92 Å². The Labute approximate surface area is 140 Å². The van der Waals surface area contributed by atoms with E-state index in [9.17, 15) is 4.79 Å². The Balaban J connectivity index is 1.40. The molecule has 23 heavy (non-hydrogen) atoms. The number of hydrogen-bond acceptors (Lipinski definition) is 4. The highest BCUT2D eigenvalue weighted by Crippen LogP contribution is 2.21. The van der Waals surface area contributed by atoms with E-state index in [1.54, 1.807) is 23.6 Å². The summed E-state index contributed by atoms with van der Waals surface area (Å²) in [6.07, 6.45) is 9.39. The van der Waals surface area contributed by atoms with Gasteiger partial charge in [-0.05, 0) is 59.4 Å². The van der Waals surface area contributed by atoms with Crippen LogP contribution in [0.3, 0.4) is 0 Å². The third-order valence-corrected chi connectivity index (χ3v) is 4.86. The summed E-state index contributed by atoms with van der Waals surface area (Å²) in [5, 5.41) is 7.05. The maximum atomic E-state index is 11.9. The van der Waals surface area contributed by atoms with Crippen molar-refractivity contribution in [1.29, 1.82) is 0 Å². The molecule has 2 aromatic heterocycles. The van der Waals surface area contributed by atoms with Gasteiger partial charge in [0.05, 0.1) is 11.9 Å². The first-order valence-electron chi connectivity index (χ1n) is 7.94. The van der Waals surface area contributed by atoms with Gasteiger partial charge in [0.1, 0.15) is 0 Å². The molecular formula is C18H21N3OS. The molecule has 0 spiro atoms. The van der Waals surface area contributed by atoms with Gasteiger partial charge in [0.15, 0.2) is 0 Å². The molecule has 0 atom stereocenters. The Morgan fingerprint density at radius 2 is 2.26 bits per heavy atom. The highest BCUT2D eigenvalue weighted by atomic mass is 32.1. The first kappa shape index (κ1) is 15.7. The Morgan fingerprint density at radius 1 is 1.39 bits per heavy atom. The summed E-state index contributed by atoms with van der Waals surface area (Å²) in [6.45, 7) is 2.81. The van der Waals surface area contributed by atoms with Gasteiger partial charge in [-0.3, -0.25) is 9.78 Å². The smallest absolute Gasteiger partial charge is 0.244 e. The number of anilines is 1. The highest BCUT2D eigenvalue weighted by Gasteiger charge is 2.19. The second-order valence-electron chi connectivity index (χ2n) is 5.78. The molecule has 1 aliphatic rings. The molecule has 1 fully saturated rings. The second-order valence-corrected chi connectivity index (χ2v) is 6.56. The minimum absolute atomic E-state index is 0.00844. The molecule has 0 saturated carbocycles. The van der Waals surface area contributed by atoms with Crippen LogP contribution in [0.4, 0.5) is 5.69 Å². The van der Waals surface area contributed by atoms with E-state index in [0.717, 1.165) is 38.0 Å². The van der Waals surface area contributed by atoms with E-state index in [1.165, 1.54) is 5.69 Å². The third-order valence-electron chi connectivity index (χ3n) is 4.16. The normalized spacial score (nSPS) is 15.9. The van der Waals surface area contributed by atoms with Crippen LogP contribution < -0.4 is 10.2 Å². The Kier molecular flexibility index (Phi) is 5.42. The average Bonchev–Trinajstić information content (AvgIpc) is 3.13. The molecule has 5 heteroatoms. The zero-order chi connectivity index (χ0) is 15.9. The molecule has 4 nitrogen and oxygen atoms in total. The Bertz CT molecular complexity index is 632. The van der Waals surface area contributed by atoms with Crippen molar-refractivity contribution in [3.8, 4) is 0 Å². The predicted octanol–water partition coefficient (Wildman–Crippen LogP) is 3.19. The predicted molar refractivity (Wildman–Crippen MR) is 95.5 cm³/mol.